The molecule has 2 N–H and O–H groups in total. The predicted molar refractivity (Wildman–Crippen MR) is 131 cm³/mol. The number of pyridine rings is 1. The number of ether oxygens (including phenoxy) is 3. The van der Waals surface area contributed by atoms with Gasteiger partial charge in [-0.1, -0.05) is 11.8 Å². The fraction of sp³-hybridized carbons (Fsp3) is 0.458. The summed E-state index contributed by atoms with van der Waals surface area (Å²) in [5.74, 6) is 1.88. The molecule has 0 amide bonds. The first-order chi connectivity index (χ1) is 16.3. The van der Waals surface area contributed by atoms with E-state index in [1.807, 2.05) is 23.7 Å². The maximum absolute atomic E-state index is 13.2. The molecule has 5 heterocycles. The molecule has 0 bridgehead atoms. The molecule has 3 aliphatic rings. The third-order valence-electron chi connectivity index (χ3n) is 6.60. The van der Waals surface area contributed by atoms with Gasteiger partial charge in [0.1, 0.15) is 13.2 Å². The van der Waals surface area contributed by atoms with Crippen molar-refractivity contribution in [2.24, 2.45) is 4.99 Å². The first-order valence-corrected chi connectivity index (χ1v) is 12.3. The number of hydrogen-bond acceptors (Lipinski definition) is 7. The van der Waals surface area contributed by atoms with Gasteiger partial charge < -0.3 is 19.2 Å². The molecule has 2 atom stereocenters. The molecule has 1 fully saturated rings. The molecule has 0 saturated carbocycles. The molecule has 2 unspecified atom stereocenters. The van der Waals surface area contributed by atoms with Crippen LogP contribution in [0.2, 0.25) is 0 Å². The van der Waals surface area contributed by atoms with E-state index in [-0.39, 0.29) is 22.8 Å². The zero-order valence-corrected chi connectivity index (χ0v) is 20.1. The fourth-order valence-electron chi connectivity index (χ4n) is 5.07. The lowest BCUT2D eigenvalue weighted by molar-refractivity contribution is -0.0705. The molecule has 34 heavy (non-hydrogen) atoms. The molecule has 1 aromatic carbocycles. The number of nitrogens with zero attached hydrogens (tertiary/aromatic N) is 2. The van der Waals surface area contributed by atoms with Gasteiger partial charge in [0.2, 0.25) is 0 Å². The Morgan fingerprint density at radius 1 is 1.09 bits per heavy atom. The Hall–Kier alpha value is -2.98. The largest absolute Gasteiger partial charge is 0.486 e. The van der Waals surface area contributed by atoms with Crippen molar-refractivity contribution in [2.45, 2.75) is 50.5 Å². The van der Waals surface area contributed by atoms with Gasteiger partial charge in [0.25, 0.3) is 11.1 Å². The average Bonchev–Trinajstić information content (AvgIpc) is 3.12. The van der Waals surface area contributed by atoms with Gasteiger partial charge in [-0.15, -0.1) is 0 Å². The quantitative estimate of drug-likeness (QED) is 0.575. The first-order valence-electron chi connectivity index (χ1n) is 11.5. The van der Waals surface area contributed by atoms with Crippen LogP contribution in [0, 0.1) is 0 Å². The molecular formula is C24H26N4O5S. The van der Waals surface area contributed by atoms with Crippen LogP contribution in [0.5, 0.6) is 11.5 Å². The van der Waals surface area contributed by atoms with Gasteiger partial charge in [0, 0.05) is 23.6 Å². The van der Waals surface area contributed by atoms with E-state index >= 15 is 0 Å². The topological polar surface area (TPSA) is 111 Å². The number of H-pyrrole nitrogens is 2. The SMILES string of the molecule is CC1=Nc2c(c(=O)[nH]n2C2CCOC(C)(C)C2)C(c2cc3cc4c(cc3[nH]c2=O)OCCO4)S1. The molecule has 0 radical (unpaired) electrons. The number of hydrogen-bond donors (Lipinski definition) is 2. The molecule has 178 valence electrons. The Labute approximate surface area is 199 Å². The van der Waals surface area contributed by atoms with E-state index in [4.69, 9.17) is 19.2 Å². The van der Waals surface area contributed by atoms with E-state index in [0.29, 0.717) is 53.8 Å². The van der Waals surface area contributed by atoms with Gasteiger partial charge >= 0.3 is 0 Å². The third-order valence-corrected chi connectivity index (χ3v) is 7.76. The lowest BCUT2D eigenvalue weighted by Crippen LogP contribution is -2.35. The molecule has 0 spiro atoms. The minimum Gasteiger partial charge on any atom is -0.486 e. The second-order valence-corrected chi connectivity index (χ2v) is 10.9. The van der Waals surface area contributed by atoms with Crippen molar-refractivity contribution in [1.29, 1.82) is 0 Å². The number of nitrogens with one attached hydrogen (secondary N) is 2. The summed E-state index contributed by atoms with van der Waals surface area (Å²) in [4.78, 5) is 34.1. The van der Waals surface area contributed by atoms with Crippen molar-refractivity contribution in [2.75, 3.05) is 19.8 Å². The first kappa shape index (κ1) is 21.5. The monoisotopic (exact) mass is 482 g/mol. The van der Waals surface area contributed by atoms with Gasteiger partial charge in [-0.3, -0.25) is 19.4 Å². The highest BCUT2D eigenvalue weighted by Crippen LogP contribution is 2.45. The smallest absolute Gasteiger partial charge is 0.271 e. The van der Waals surface area contributed by atoms with Gasteiger partial charge in [-0.25, -0.2) is 4.99 Å². The van der Waals surface area contributed by atoms with Crippen molar-refractivity contribution in [3.8, 4) is 11.5 Å². The fourth-order valence-corrected chi connectivity index (χ4v) is 6.18. The van der Waals surface area contributed by atoms with Crippen LogP contribution in [0.15, 0.2) is 32.8 Å². The minimum absolute atomic E-state index is 0.0686. The molecule has 10 heteroatoms. The van der Waals surface area contributed by atoms with Crippen LogP contribution < -0.4 is 20.6 Å². The van der Waals surface area contributed by atoms with Crippen LogP contribution in [0.1, 0.15) is 56.0 Å². The summed E-state index contributed by atoms with van der Waals surface area (Å²) in [6, 6.07) is 5.58. The number of thioether (sulfide) groups is 1. The Kier molecular flexibility index (Phi) is 4.93. The summed E-state index contributed by atoms with van der Waals surface area (Å²) in [7, 11) is 0. The summed E-state index contributed by atoms with van der Waals surface area (Å²) in [6.45, 7) is 7.61. The Morgan fingerprint density at radius 3 is 2.62 bits per heavy atom. The van der Waals surface area contributed by atoms with E-state index < -0.39 is 5.25 Å². The van der Waals surface area contributed by atoms with Crippen molar-refractivity contribution >= 4 is 33.5 Å². The summed E-state index contributed by atoms with van der Waals surface area (Å²) in [5.41, 5.74) is 0.970. The second-order valence-electron chi connectivity index (χ2n) is 9.57. The van der Waals surface area contributed by atoms with Gasteiger partial charge in [0.15, 0.2) is 17.3 Å². The summed E-state index contributed by atoms with van der Waals surface area (Å²) in [6.07, 6.45) is 1.55. The second kappa shape index (κ2) is 7.78. The van der Waals surface area contributed by atoms with E-state index in [9.17, 15) is 9.59 Å². The van der Waals surface area contributed by atoms with E-state index in [2.05, 4.69) is 23.9 Å². The van der Waals surface area contributed by atoms with Crippen molar-refractivity contribution in [3.63, 3.8) is 0 Å². The van der Waals surface area contributed by atoms with Crippen LogP contribution in [0.4, 0.5) is 5.82 Å². The minimum atomic E-state index is -0.466. The van der Waals surface area contributed by atoms with Crippen molar-refractivity contribution < 1.29 is 14.2 Å². The van der Waals surface area contributed by atoms with Crippen LogP contribution in [0.25, 0.3) is 10.9 Å². The summed E-state index contributed by atoms with van der Waals surface area (Å²) >= 11 is 1.42. The molecule has 2 aromatic heterocycles. The average molecular weight is 483 g/mol. The van der Waals surface area contributed by atoms with E-state index in [1.165, 1.54) is 11.8 Å². The lowest BCUT2D eigenvalue weighted by atomic mass is 9.94. The lowest BCUT2D eigenvalue weighted by Gasteiger charge is -2.36. The molecular weight excluding hydrogens is 456 g/mol. The van der Waals surface area contributed by atoms with Crippen LogP contribution >= 0.6 is 11.8 Å². The number of fused-ring (bicyclic) bond motifs is 3. The number of aromatic nitrogens is 3. The normalized spacial score (nSPS) is 23.4. The number of rotatable bonds is 2. The molecule has 3 aromatic rings. The highest BCUT2D eigenvalue weighted by atomic mass is 32.2. The predicted octanol–water partition coefficient (Wildman–Crippen LogP) is 3.81. The van der Waals surface area contributed by atoms with E-state index in [0.717, 1.165) is 23.3 Å². The Bertz CT molecular complexity index is 1450. The number of aromatic amines is 2. The van der Waals surface area contributed by atoms with E-state index in [1.54, 1.807) is 6.07 Å². The van der Waals surface area contributed by atoms with Crippen LogP contribution in [-0.4, -0.2) is 45.2 Å². The maximum atomic E-state index is 13.2. The highest BCUT2D eigenvalue weighted by molar-refractivity contribution is 8.14. The van der Waals surface area contributed by atoms with Crippen molar-refractivity contribution in [1.82, 2.24) is 14.8 Å². The Morgan fingerprint density at radius 2 is 1.85 bits per heavy atom. The summed E-state index contributed by atoms with van der Waals surface area (Å²) < 4.78 is 19.1. The van der Waals surface area contributed by atoms with Crippen LogP contribution in [-0.2, 0) is 4.74 Å². The van der Waals surface area contributed by atoms with Gasteiger partial charge in [-0.05, 0) is 45.7 Å². The van der Waals surface area contributed by atoms with Crippen molar-refractivity contribution in [3.05, 3.63) is 50.0 Å². The molecule has 3 aliphatic heterocycles. The zero-order valence-electron chi connectivity index (χ0n) is 19.3. The Balaban J connectivity index is 1.47. The number of benzene rings is 1. The molecule has 6 rings (SSSR count). The zero-order chi connectivity index (χ0) is 23.6. The van der Waals surface area contributed by atoms with Gasteiger partial charge in [0.05, 0.1) is 33.0 Å². The molecule has 0 aliphatic carbocycles. The number of aliphatic imine (C=N–C) groups is 1. The summed E-state index contributed by atoms with van der Waals surface area (Å²) in [5, 5.41) is 4.18. The maximum Gasteiger partial charge on any atom is 0.271 e. The highest BCUT2D eigenvalue weighted by Gasteiger charge is 2.36. The van der Waals surface area contributed by atoms with Crippen LogP contribution in [0.3, 0.4) is 0 Å². The standard InChI is InChI=1S/C24H26N4O5S/c1-12-25-21-19(23(30)27-28(21)14-4-5-33-24(2,3)11-14)20(34-12)15-8-13-9-17-18(32-7-6-31-17)10-16(13)26-22(15)29/h8-10,14,20H,4-7,11H2,1-3H3,(H,26,29)(H,27,30). The van der Waals surface area contributed by atoms with Gasteiger partial charge in [-0.2, -0.15) is 0 Å². The molecule has 9 nitrogen and oxygen atoms in total. The third kappa shape index (κ3) is 3.56. The molecule has 1 saturated heterocycles.